The Balaban J connectivity index is 2.13. The Bertz CT molecular complexity index is 499. The summed E-state index contributed by atoms with van der Waals surface area (Å²) in [7, 11) is 0. The average Bonchev–Trinajstić information content (AvgIpc) is 2.41. The SMILES string of the molecule is O=C(O)c1cc(I)ccc1NC(=O)[C@H]1CCCCN1. The number of aromatic carboxylic acids is 1. The van der Waals surface area contributed by atoms with Crippen molar-refractivity contribution in [3.63, 3.8) is 0 Å². The van der Waals surface area contributed by atoms with Gasteiger partial charge in [-0.1, -0.05) is 6.42 Å². The molecule has 102 valence electrons. The van der Waals surface area contributed by atoms with E-state index >= 15 is 0 Å². The molecule has 0 spiro atoms. The van der Waals surface area contributed by atoms with Gasteiger partial charge >= 0.3 is 5.97 Å². The molecule has 0 aromatic heterocycles. The van der Waals surface area contributed by atoms with Crippen LogP contribution >= 0.6 is 22.6 Å². The van der Waals surface area contributed by atoms with E-state index in [2.05, 4.69) is 10.6 Å². The van der Waals surface area contributed by atoms with Gasteiger partial charge in [-0.25, -0.2) is 4.79 Å². The summed E-state index contributed by atoms with van der Waals surface area (Å²) in [6, 6.07) is 4.73. The van der Waals surface area contributed by atoms with Crippen molar-refractivity contribution in [1.29, 1.82) is 0 Å². The Morgan fingerprint density at radius 2 is 2.16 bits per heavy atom. The smallest absolute Gasteiger partial charge is 0.337 e. The first-order chi connectivity index (χ1) is 9.08. The van der Waals surface area contributed by atoms with Gasteiger partial charge in [-0.2, -0.15) is 0 Å². The van der Waals surface area contributed by atoms with E-state index in [4.69, 9.17) is 5.11 Å². The number of rotatable bonds is 3. The third-order valence-electron chi connectivity index (χ3n) is 3.10. The normalized spacial score (nSPS) is 18.9. The van der Waals surface area contributed by atoms with Crippen molar-refractivity contribution < 1.29 is 14.7 Å². The lowest BCUT2D eigenvalue weighted by molar-refractivity contribution is -0.118. The lowest BCUT2D eigenvalue weighted by Crippen LogP contribution is -2.43. The molecule has 2 rings (SSSR count). The van der Waals surface area contributed by atoms with Gasteiger partial charge in [0, 0.05) is 3.57 Å². The molecular weight excluding hydrogens is 359 g/mol. The highest BCUT2D eigenvalue weighted by atomic mass is 127. The molecule has 1 fully saturated rings. The molecule has 0 aliphatic carbocycles. The van der Waals surface area contributed by atoms with Crippen LogP contribution in [0.2, 0.25) is 0 Å². The quantitative estimate of drug-likeness (QED) is 0.708. The Kier molecular flexibility index (Phi) is 4.76. The van der Waals surface area contributed by atoms with Crippen LogP contribution in [0.1, 0.15) is 29.6 Å². The van der Waals surface area contributed by atoms with Crippen LogP contribution in [0.4, 0.5) is 5.69 Å². The zero-order valence-corrected chi connectivity index (χ0v) is 12.4. The molecular formula is C13H15IN2O3. The Morgan fingerprint density at radius 1 is 1.37 bits per heavy atom. The van der Waals surface area contributed by atoms with E-state index in [9.17, 15) is 9.59 Å². The Hall–Kier alpha value is -1.15. The predicted molar refractivity (Wildman–Crippen MR) is 80.4 cm³/mol. The second-order valence-electron chi connectivity index (χ2n) is 4.49. The van der Waals surface area contributed by atoms with E-state index in [-0.39, 0.29) is 17.5 Å². The molecule has 1 aromatic rings. The van der Waals surface area contributed by atoms with Gasteiger partial charge in [0.25, 0.3) is 0 Å². The molecule has 19 heavy (non-hydrogen) atoms. The second kappa shape index (κ2) is 6.33. The summed E-state index contributed by atoms with van der Waals surface area (Å²) in [5.74, 6) is -1.20. The second-order valence-corrected chi connectivity index (χ2v) is 5.73. The monoisotopic (exact) mass is 374 g/mol. The molecule has 0 unspecified atom stereocenters. The standard InChI is InChI=1S/C13H15IN2O3/c14-8-4-5-10(9(7-8)13(18)19)16-12(17)11-3-1-2-6-15-11/h4-5,7,11,15H,1-3,6H2,(H,16,17)(H,18,19)/t11-/m1/s1. The van der Waals surface area contributed by atoms with Gasteiger partial charge in [0.05, 0.1) is 17.3 Å². The number of benzene rings is 1. The minimum Gasteiger partial charge on any atom is -0.478 e. The first kappa shape index (κ1) is 14.3. The lowest BCUT2D eigenvalue weighted by Gasteiger charge is -2.22. The molecule has 1 saturated heterocycles. The third kappa shape index (κ3) is 3.66. The number of nitrogens with one attached hydrogen (secondary N) is 2. The minimum atomic E-state index is -1.04. The topological polar surface area (TPSA) is 78.4 Å². The van der Waals surface area contributed by atoms with Gasteiger partial charge in [0.15, 0.2) is 0 Å². The predicted octanol–water partition coefficient (Wildman–Crippen LogP) is 2.07. The Labute approximate surface area is 124 Å². The van der Waals surface area contributed by atoms with E-state index in [0.29, 0.717) is 5.69 Å². The molecule has 3 N–H and O–H groups in total. The van der Waals surface area contributed by atoms with Gasteiger partial charge in [-0.15, -0.1) is 0 Å². The summed E-state index contributed by atoms with van der Waals surface area (Å²) in [6.45, 7) is 0.830. The highest BCUT2D eigenvalue weighted by Gasteiger charge is 2.22. The number of carboxylic acids is 1. The Morgan fingerprint density at radius 3 is 2.79 bits per heavy atom. The van der Waals surface area contributed by atoms with Crippen LogP contribution in [-0.4, -0.2) is 29.6 Å². The molecule has 1 atom stereocenters. The summed E-state index contributed by atoms with van der Waals surface area (Å²) >= 11 is 2.04. The highest BCUT2D eigenvalue weighted by Crippen LogP contribution is 2.20. The molecule has 1 heterocycles. The van der Waals surface area contributed by atoms with Crippen LogP contribution in [0.15, 0.2) is 18.2 Å². The maximum Gasteiger partial charge on any atom is 0.337 e. The van der Waals surface area contributed by atoms with Crippen molar-refractivity contribution in [3.05, 3.63) is 27.3 Å². The van der Waals surface area contributed by atoms with Crippen LogP contribution in [0.25, 0.3) is 0 Å². The molecule has 1 aliphatic heterocycles. The third-order valence-corrected chi connectivity index (χ3v) is 3.77. The van der Waals surface area contributed by atoms with Crippen LogP contribution in [0, 0.1) is 3.57 Å². The van der Waals surface area contributed by atoms with Crippen LogP contribution < -0.4 is 10.6 Å². The highest BCUT2D eigenvalue weighted by molar-refractivity contribution is 14.1. The molecule has 1 aliphatic rings. The van der Waals surface area contributed by atoms with Crippen LogP contribution in [0.5, 0.6) is 0 Å². The maximum absolute atomic E-state index is 12.1. The maximum atomic E-state index is 12.1. The fourth-order valence-corrected chi connectivity index (χ4v) is 2.59. The first-order valence-corrected chi connectivity index (χ1v) is 7.23. The van der Waals surface area contributed by atoms with Crippen molar-refractivity contribution >= 4 is 40.2 Å². The largest absolute Gasteiger partial charge is 0.478 e. The zero-order chi connectivity index (χ0) is 13.8. The summed E-state index contributed by atoms with van der Waals surface area (Å²) in [5.41, 5.74) is 0.473. The van der Waals surface area contributed by atoms with E-state index in [1.165, 1.54) is 0 Å². The van der Waals surface area contributed by atoms with E-state index in [1.807, 2.05) is 22.6 Å². The molecule has 0 saturated carbocycles. The summed E-state index contributed by atoms with van der Waals surface area (Å²) in [5, 5.41) is 15.0. The molecule has 0 bridgehead atoms. The summed E-state index contributed by atoms with van der Waals surface area (Å²) in [6.07, 6.45) is 2.88. The molecule has 6 heteroatoms. The number of carbonyl (C=O) groups excluding carboxylic acids is 1. The summed E-state index contributed by atoms with van der Waals surface area (Å²) < 4.78 is 0.823. The molecule has 0 radical (unpaired) electrons. The molecule has 1 amide bonds. The fraction of sp³-hybridized carbons (Fsp3) is 0.385. The van der Waals surface area contributed by atoms with E-state index in [0.717, 1.165) is 29.4 Å². The van der Waals surface area contributed by atoms with Gasteiger partial charge in [0.2, 0.25) is 5.91 Å². The molecule has 5 nitrogen and oxygen atoms in total. The van der Waals surface area contributed by atoms with Crippen LogP contribution in [0.3, 0.4) is 0 Å². The van der Waals surface area contributed by atoms with E-state index in [1.54, 1.807) is 18.2 Å². The number of carboxylic acid groups (broad SMARTS) is 1. The summed E-state index contributed by atoms with van der Waals surface area (Å²) in [4.78, 5) is 23.2. The van der Waals surface area contributed by atoms with Gasteiger partial charge in [0.1, 0.15) is 0 Å². The zero-order valence-electron chi connectivity index (χ0n) is 10.3. The van der Waals surface area contributed by atoms with Crippen molar-refractivity contribution in [2.45, 2.75) is 25.3 Å². The fourth-order valence-electron chi connectivity index (χ4n) is 2.10. The van der Waals surface area contributed by atoms with Gasteiger partial charge < -0.3 is 15.7 Å². The van der Waals surface area contributed by atoms with Gasteiger partial charge in [-0.3, -0.25) is 4.79 Å². The molecule has 1 aromatic carbocycles. The lowest BCUT2D eigenvalue weighted by atomic mass is 10.0. The van der Waals surface area contributed by atoms with Crippen LogP contribution in [-0.2, 0) is 4.79 Å². The number of carbonyl (C=O) groups is 2. The van der Waals surface area contributed by atoms with E-state index < -0.39 is 5.97 Å². The number of amides is 1. The van der Waals surface area contributed by atoms with Crippen molar-refractivity contribution in [3.8, 4) is 0 Å². The number of anilines is 1. The minimum absolute atomic E-state index is 0.121. The number of hydrogen-bond acceptors (Lipinski definition) is 3. The number of piperidine rings is 1. The van der Waals surface area contributed by atoms with Crippen molar-refractivity contribution in [2.24, 2.45) is 0 Å². The first-order valence-electron chi connectivity index (χ1n) is 6.15. The number of hydrogen-bond donors (Lipinski definition) is 3. The number of halogens is 1. The average molecular weight is 374 g/mol. The van der Waals surface area contributed by atoms with Crippen molar-refractivity contribution in [2.75, 3.05) is 11.9 Å². The van der Waals surface area contributed by atoms with Crippen molar-refractivity contribution in [1.82, 2.24) is 5.32 Å². The van der Waals surface area contributed by atoms with Gasteiger partial charge in [-0.05, 0) is 60.2 Å².